The van der Waals surface area contributed by atoms with Crippen LogP contribution in [0.25, 0.3) is 0 Å². The van der Waals surface area contributed by atoms with Crippen molar-refractivity contribution in [1.29, 1.82) is 0 Å². The van der Waals surface area contributed by atoms with Gasteiger partial charge in [0, 0.05) is 12.1 Å². The minimum absolute atomic E-state index is 0.0506. The van der Waals surface area contributed by atoms with Crippen molar-refractivity contribution in [2.75, 3.05) is 19.7 Å². The molecule has 1 fully saturated rings. The first-order chi connectivity index (χ1) is 8.29. The van der Waals surface area contributed by atoms with E-state index >= 15 is 0 Å². The van der Waals surface area contributed by atoms with Gasteiger partial charge < -0.3 is 15.8 Å². The molecule has 2 atom stereocenters. The zero-order chi connectivity index (χ0) is 12.1. The summed E-state index contributed by atoms with van der Waals surface area (Å²) >= 11 is 0. The van der Waals surface area contributed by atoms with Gasteiger partial charge in [0.25, 0.3) is 5.91 Å². The zero-order valence-electron chi connectivity index (χ0n) is 9.76. The second-order valence-corrected chi connectivity index (χ2v) is 4.37. The van der Waals surface area contributed by atoms with Gasteiger partial charge in [-0.05, 0) is 31.0 Å². The molecule has 2 rings (SSSR count). The van der Waals surface area contributed by atoms with Crippen LogP contribution in [0, 0.1) is 5.92 Å². The predicted octanol–water partition coefficient (Wildman–Crippen LogP) is 0.780. The number of benzene rings is 1. The van der Waals surface area contributed by atoms with E-state index in [2.05, 4.69) is 5.32 Å². The highest BCUT2D eigenvalue weighted by Gasteiger charge is 2.24. The second kappa shape index (κ2) is 5.80. The van der Waals surface area contributed by atoms with Crippen LogP contribution in [0.4, 0.5) is 0 Å². The van der Waals surface area contributed by atoms with E-state index in [0.717, 1.165) is 6.42 Å². The third kappa shape index (κ3) is 3.28. The molecule has 3 N–H and O–H groups in total. The molecule has 4 nitrogen and oxygen atoms in total. The molecule has 1 heterocycles. The molecule has 1 aromatic carbocycles. The highest BCUT2D eigenvalue weighted by Crippen LogP contribution is 2.17. The molecule has 0 saturated carbocycles. The average Bonchev–Trinajstić information content (AvgIpc) is 2.85. The number of ether oxygens (including phenoxy) is 1. The zero-order valence-corrected chi connectivity index (χ0v) is 9.76. The lowest BCUT2D eigenvalue weighted by molar-refractivity contribution is 0.0849. The van der Waals surface area contributed by atoms with Gasteiger partial charge in [-0.3, -0.25) is 4.79 Å². The Morgan fingerprint density at radius 1 is 1.41 bits per heavy atom. The number of nitrogens with one attached hydrogen (secondary N) is 1. The number of hydrogen-bond donors (Lipinski definition) is 2. The van der Waals surface area contributed by atoms with Crippen molar-refractivity contribution >= 4 is 5.91 Å². The molecule has 1 aliphatic rings. The van der Waals surface area contributed by atoms with Crippen molar-refractivity contribution in [3.05, 3.63) is 35.9 Å². The van der Waals surface area contributed by atoms with Crippen LogP contribution in [0.2, 0.25) is 0 Å². The third-order valence-corrected chi connectivity index (χ3v) is 3.02. The maximum Gasteiger partial charge on any atom is 0.251 e. The predicted molar refractivity (Wildman–Crippen MR) is 65.7 cm³/mol. The Balaban J connectivity index is 1.78. The van der Waals surface area contributed by atoms with Crippen LogP contribution in [0.3, 0.4) is 0 Å². The summed E-state index contributed by atoms with van der Waals surface area (Å²) in [7, 11) is 0. The minimum Gasteiger partial charge on any atom is -0.376 e. The Morgan fingerprint density at radius 3 is 2.82 bits per heavy atom. The van der Waals surface area contributed by atoms with Crippen LogP contribution in [-0.2, 0) is 4.74 Å². The second-order valence-electron chi connectivity index (χ2n) is 4.37. The molecule has 2 unspecified atom stereocenters. The summed E-state index contributed by atoms with van der Waals surface area (Å²) in [5, 5.41) is 2.88. The van der Waals surface area contributed by atoms with E-state index in [1.54, 1.807) is 12.1 Å². The molecule has 1 amide bonds. The first kappa shape index (κ1) is 12.1. The molecule has 4 heteroatoms. The summed E-state index contributed by atoms with van der Waals surface area (Å²) in [4.78, 5) is 11.8. The fraction of sp³-hybridized carbons (Fsp3) is 0.462. The van der Waals surface area contributed by atoms with Crippen molar-refractivity contribution < 1.29 is 9.53 Å². The summed E-state index contributed by atoms with van der Waals surface area (Å²) < 4.78 is 5.55. The van der Waals surface area contributed by atoms with Gasteiger partial charge in [-0.15, -0.1) is 0 Å². The highest BCUT2D eigenvalue weighted by atomic mass is 16.5. The van der Waals surface area contributed by atoms with E-state index in [4.69, 9.17) is 10.5 Å². The van der Waals surface area contributed by atoms with Gasteiger partial charge in [-0.25, -0.2) is 0 Å². The van der Waals surface area contributed by atoms with E-state index in [-0.39, 0.29) is 12.0 Å². The van der Waals surface area contributed by atoms with E-state index in [9.17, 15) is 4.79 Å². The Hall–Kier alpha value is -1.39. The molecule has 0 spiro atoms. The number of hydrogen-bond acceptors (Lipinski definition) is 3. The lowest BCUT2D eigenvalue weighted by Crippen LogP contribution is -2.31. The van der Waals surface area contributed by atoms with Crippen molar-refractivity contribution in [3.8, 4) is 0 Å². The van der Waals surface area contributed by atoms with Gasteiger partial charge in [0.05, 0.1) is 12.7 Å². The molecule has 1 aromatic rings. The lowest BCUT2D eigenvalue weighted by atomic mass is 10.1. The molecular formula is C13H18N2O2. The molecule has 17 heavy (non-hydrogen) atoms. The number of carbonyl (C=O) groups excluding carboxylic acids is 1. The number of rotatable bonds is 4. The van der Waals surface area contributed by atoms with Gasteiger partial charge in [-0.2, -0.15) is 0 Å². The van der Waals surface area contributed by atoms with E-state index in [0.29, 0.717) is 31.2 Å². The van der Waals surface area contributed by atoms with E-state index in [1.807, 2.05) is 18.2 Å². The Labute approximate surface area is 101 Å². The normalized spacial score (nSPS) is 23.6. The van der Waals surface area contributed by atoms with Crippen LogP contribution < -0.4 is 11.1 Å². The summed E-state index contributed by atoms with van der Waals surface area (Å²) in [6.07, 6.45) is 1.04. The van der Waals surface area contributed by atoms with Crippen LogP contribution in [0.5, 0.6) is 0 Å². The van der Waals surface area contributed by atoms with E-state index in [1.165, 1.54) is 0 Å². The molecule has 0 radical (unpaired) electrons. The summed E-state index contributed by atoms with van der Waals surface area (Å²) in [5.74, 6) is 0.388. The smallest absolute Gasteiger partial charge is 0.251 e. The average molecular weight is 234 g/mol. The Kier molecular flexibility index (Phi) is 4.12. The van der Waals surface area contributed by atoms with Crippen LogP contribution in [-0.4, -0.2) is 31.7 Å². The maximum absolute atomic E-state index is 11.8. The standard InChI is InChI=1S/C13H18N2O2/c14-7-10-6-12(17-9-10)8-15-13(16)11-4-2-1-3-5-11/h1-5,10,12H,6-9,14H2,(H,15,16). The molecular weight excluding hydrogens is 216 g/mol. The van der Waals surface area contributed by atoms with Crippen molar-refractivity contribution in [3.63, 3.8) is 0 Å². The fourth-order valence-corrected chi connectivity index (χ4v) is 1.98. The molecule has 0 aromatic heterocycles. The Bertz CT molecular complexity index is 367. The Morgan fingerprint density at radius 2 is 2.18 bits per heavy atom. The first-order valence-electron chi connectivity index (χ1n) is 5.94. The number of nitrogens with two attached hydrogens (primary N) is 1. The molecule has 92 valence electrons. The first-order valence-corrected chi connectivity index (χ1v) is 5.94. The molecule has 1 saturated heterocycles. The van der Waals surface area contributed by atoms with Gasteiger partial charge in [0.1, 0.15) is 0 Å². The summed E-state index contributed by atoms with van der Waals surface area (Å²) in [6, 6.07) is 9.20. The lowest BCUT2D eigenvalue weighted by Gasteiger charge is -2.10. The monoisotopic (exact) mass is 234 g/mol. The SMILES string of the molecule is NCC1COC(CNC(=O)c2ccccc2)C1. The van der Waals surface area contributed by atoms with E-state index < -0.39 is 0 Å². The molecule has 1 aliphatic heterocycles. The highest BCUT2D eigenvalue weighted by molar-refractivity contribution is 5.94. The van der Waals surface area contributed by atoms with Gasteiger partial charge in [0.2, 0.25) is 0 Å². The van der Waals surface area contributed by atoms with Crippen molar-refractivity contribution in [2.24, 2.45) is 11.7 Å². The van der Waals surface area contributed by atoms with Gasteiger partial charge in [0.15, 0.2) is 0 Å². The van der Waals surface area contributed by atoms with Crippen LogP contribution in [0.15, 0.2) is 30.3 Å². The minimum atomic E-state index is -0.0506. The van der Waals surface area contributed by atoms with Crippen molar-refractivity contribution in [2.45, 2.75) is 12.5 Å². The maximum atomic E-state index is 11.8. The third-order valence-electron chi connectivity index (χ3n) is 3.02. The fourth-order valence-electron chi connectivity index (χ4n) is 1.98. The van der Waals surface area contributed by atoms with Gasteiger partial charge in [-0.1, -0.05) is 18.2 Å². The quantitative estimate of drug-likeness (QED) is 0.809. The molecule has 0 bridgehead atoms. The largest absolute Gasteiger partial charge is 0.376 e. The van der Waals surface area contributed by atoms with Crippen molar-refractivity contribution in [1.82, 2.24) is 5.32 Å². The number of amides is 1. The summed E-state index contributed by atoms with van der Waals surface area (Å²) in [5.41, 5.74) is 6.26. The molecule has 0 aliphatic carbocycles. The number of carbonyl (C=O) groups is 1. The van der Waals surface area contributed by atoms with Gasteiger partial charge >= 0.3 is 0 Å². The van der Waals surface area contributed by atoms with Crippen LogP contribution >= 0.6 is 0 Å². The topological polar surface area (TPSA) is 64.3 Å². The van der Waals surface area contributed by atoms with Crippen LogP contribution in [0.1, 0.15) is 16.8 Å². The summed E-state index contributed by atoms with van der Waals surface area (Å²) in [6.45, 7) is 1.93.